The molecule has 1 aromatic rings. The van der Waals surface area contributed by atoms with Gasteiger partial charge in [0, 0.05) is 17.9 Å². The molecule has 0 aliphatic heterocycles. The van der Waals surface area contributed by atoms with E-state index < -0.39 is 15.9 Å². The molecule has 0 radical (unpaired) electrons. The Morgan fingerprint density at radius 2 is 1.90 bits per heavy atom. The van der Waals surface area contributed by atoms with Gasteiger partial charge in [-0.3, -0.25) is 4.79 Å². The minimum absolute atomic E-state index is 0.189. The van der Waals surface area contributed by atoms with Gasteiger partial charge >= 0.3 is 0 Å². The summed E-state index contributed by atoms with van der Waals surface area (Å²) in [6.07, 6.45) is 2.07. The van der Waals surface area contributed by atoms with Gasteiger partial charge in [0.25, 0.3) is 0 Å². The predicted molar refractivity (Wildman–Crippen MR) is 79.0 cm³/mol. The van der Waals surface area contributed by atoms with Gasteiger partial charge < -0.3 is 0 Å². The van der Waals surface area contributed by atoms with Crippen molar-refractivity contribution in [3.05, 3.63) is 40.3 Å². The van der Waals surface area contributed by atoms with Gasteiger partial charge in [-0.05, 0) is 42.5 Å². The van der Waals surface area contributed by atoms with Crippen LogP contribution in [0.1, 0.15) is 31.2 Å². The number of amides is 1. The van der Waals surface area contributed by atoms with E-state index in [1.165, 1.54) is 0 Å². The van der Waals surface area contributed by atoms with Crippen LogP contribution < -0.4 is 4.72 Å². The summed E-state index contributed by atoms with van der Waals surface area (Å²) in [5.74, 6) is -0.488. The fraction of sp³-hybridized carbons (Fsp3) is 0.462. The maximum absolute atomic E-state index is 11.9. The second kappa shape index (κ2) is 8.41. The molecule has 0 unspecified atom stereocenters. The van der Waals surface area contributed by atoms with E-state index in [2.05, 4.69) is 14.7 Å². The van der Waals surface area contributed by atoms with E-state index in [4.69, 9.17) is 5.53 Å². The highest BCUT2D eigenvalue weighted by molar-refractivity contribution is 7.89. The van der Waals surface area contributed by atoms with Crippen LogP contribution in [0.2, 0.25) is 0 Å². The summed E-state index contributed by atoms with van der Waals surface area (Å²) >= 11 is 0. The van der Waals surface area contributed by atoms with Crippen molar-refractivity contribution in [2.24, 2.45) is 5.11 Å². The Kier molecular flexibility index (Phi) is 6.87. The third kappa shape index (κ3) is 6.40. The van der Waals surface area contributed by atoms with Gasteiger partial charge in [-0.2, -0.15) is 0 Å². The summed E-state index contributed by atoms with van der Waals surface area (Å²) in [5.41, 5.74) is 9.05. The first-order valence-corrected chi connectivity index (χ1v) is 8.08. The molecular formula is C13H18N4O3S. The lowest BCUT2D eigenvalue weighted by Gasteiger charge is -2.06. The number of carbonyl (C=O) groups excluding carboxylic acids is 1. The number of rotatable bonds is 8. The lowest BCUT2D eigenvalue weighted by molar-refractivity contribution is -0.118. The highest BCUT2D eigenvalue weighted by Crippen LogP contribution is 2.10. The molecule has 1 aromatic carbocycles. The number of hydrogen-bond acceptors (Lipinski definition) is 3. The molecule has 0 heterocycles. The van der Waals surface area contributed by atoms with Crippen molar-refractivity contribution in [2.45, 2.75) is 37.5 Å². The van der Waals surface area contributed by atoms with Crippen molar-refractivity contribution in [1.29, 1.82) is 0 Å². The van der Waals surface area contributed by atoms with E-state index in [0.29, 0.717) is 25.8 Å². The summed E-state index contributed by atoms with van der Waals surface area (Å²) in [4.78, 5) is 13.6. The van der Waals surface area contributed by atoms with E-state index in [9.17, 15) is 13.2 Å². The van der Waals surface area contributed by atoms with Crippen LogP contribution in [0, 0.1) is 6.92 Å². The topological polar surface area (TPSA) is 112 Å². The summed E-state index contributed by atoms with van der Waals surface area (Å²) < 4.78 is 26.4. The standard InChI is InChI=1S/C13H18N4O3S/c1-11-6-8-12(9-7-11)21(19,20)15-10-4-2-3-5-13(18)16-17-14/h6-9,15H,2-5,10H2,1H3. The fourth-order valence-electron chi connectivity index (χ4n) is 1.69. The van der Waals surface area contributed by atoms with Gasteiger partial charge in [0.05, 0.1) is 4.90 Å². The molecule has 0 aromatic heterocycles. The summed E-state index contributed by atoms with van der Waals surface area (Å²) in [5, 5.41) is 2.96. The zero-order valence-corrected chi connectivity index (χ0v) is 12.6. The Balaban J connectivity index is 2.30. The van der Waals surface area contributed by atoms with Gasteiger partial charge in [-0.1, -0.05) is 24.1 Å². The lowest BCUT2D eigenvalue weighted by Crippen LogP contribution is -2.24. The highest BCUT2D eigenvalue weighted by Gasteiger charge is 2.12. The number of hydrogen-bond donors (Lipinski definition) is 1. The molecule has 0 saturated carbocycles. The maximum Gasteiger partial charge on any atom is 0.240 e. The summed E-state index contributed by atoms with van der Waals surface area (Å²) in [6, 6.07) is 6.62. The molecule has 0 atom stereocenters. The minimum Gasteiger partial charge on any atom is -0.293 e. The van der Waals surface area contributed by atoms with E-state index in [1.807, 2.05) is 6.92 Å². The highest BCUT2D eigenvalue weighted by atomic mass is 32.2. The van der Waals surface area contributed by atoms with Crippen LogP contribution >= 0.6 is 0 Å². The van der Waals surface area contributed by atoms with Crippen LogP contribution in [0.4, 0.5) is 0 Å². The summed E-state index contributed by atoms with van der Waals surface area (Å²) in [7, 11) is -3.47. The van der Waals surface area contributed by atoms with Gasteiger partial charge in [-0.15, -0.1) is 0 Å². The zero-order valence-electron chi connectivity index (χ0n) is 11.8. The lowest BCUT2D eigenvalue weighted by atomic mass is 10.2. The molecule has 0 spiro atoms. The molecule has 1 N–H and O–H groups in total. The van der Waals surface area contributed by atoms with Crippen molar-refractivity contribution in [1.82, 2.24) is 4.72 Å². The van der Waals surface area contributed by atoms with Crippen molar-refractivity contribution in [3.63, 3.8) is 0 Å². The number of aryl methyl sites for hydroxylation is 1. The molecule has 114 valence electrons. The molecule has 1 rings (SSSR count). The minimum atomic E-state index is -3.47. The van der Waals surface area contributed by atoms with Crippen LogP contribution in [0.5, 0.6) is 0 Å². The second-order valence-electron chi connectivity index (χ2n) is 4.60. The number of nitrogens with zero attached hydrogens (tertiary/aromatic N) is 3. The van der Waals surface area contributed by atoms with E-state index >= 15 is 0 Å². The average Bonchev–Trinajstić information content (AvgIpc) is 2.43. The van der Waals surface area contributed by atoms with Crippen molar-refractivity contribution in [3.8, 4) is 0 Å². The van der Waals surface area contributed by atoms with Crippen LogP contribution in [0.3, 0.4) is 0 Å². The molecule has 8 heteroatoms. The molecule has 0 fully saturated rings. The Bertz CT molecular complexity index is 619. The first-order valence-electron chi connectivity index (χ1n) is 6.60. The Labute approximate surface area is 124 Å². The molecular weight excluding hydrogens is 292 g/mol. The summed E-state index contributed by atoms with van der Waals surface area (Å²) in [6.45, 7) is 2.20. The van der Waals surface area contributed by atoms with Crippen LogP contribution in [0.25, 0.3) is 10.4 Å². The van der Waals surface area contributed by atoms with E-state index in [1.54, 1.807) is 24.3 Å². The first-order chi connectivity index (χ1) is 9.95. The molecule has 21 heavy (non-hydrogen) atoms. The van der Waals surface area contributed by atoms with Crippen LogP contribution in [-0.4, -0.2) is 20.9 Å². The van der Waals surface area contributed by atoms with E-state index in [-0.39, 0.29) is 11.3 Å². The number of nitrogens with one attached hydrogen (secondary N) is 1. The monoisotopic (exact) mass is 310 g/mol. The van der Waals surface area contributed by atoms with Crippen molar-refractivity contribution >= 4 is 15.9 Å². The number of carbonyl (C=O) groups is 1. The second-order valence-corrected chi connectivity index (χ2v) is 6.37. The van der Waals surface area contributed by atoms with Crippen LogP contribution in [-0.2, 0) is 14.8 Å². The Hall–Kier alpha value is -1.89. The number of unbranched alkanes of at least 4 members (excludes halogenated alkanes) is 2. The number of azide groups is 1. The van der Waals surface area contributed by atoms with Crippen molar-refractivity contribution < 1.29 is 13.2 Å². The van der Waals surface area contributed by atoms with Gasteiger partial charge in [0.15, 0.2) is 0 Å². The molecule has 0 aliphatic rings. The largest absolute Gasteiger partial charge is 0.293 e. The third-order valence-electron chi connectivity index (χ3n) is 2.85. The molecule has 0 bridgehead atoms. The van der Waals surface area contributed by atoms with Crippen molar-refractivity contribution in [2.75, 3.05) is 6.54 Å². The molecule has 0 aliphatic carbocycles. The maximum atomic E-state index is 11.9. The predicted octanol–water partition coefficient (Wildman–Crippen LogP) is 2.67. The van der Waals surface area contributed by atoms with E-state index in [0.717, 1.165) is 5.56 Å². The SMILES string of the molecule is Cc1ccc(S(=O)(=O)NCCCCCC(=O)N=[N+]=[N-])cc1. The Morgan fingerprint density at radius 3 is 2.52 bits per heavy atom. The van der Waals surface area contributed by atoms with Gasteiger partial charge in [0.1, 0.15) is 0 Å². The third-order valence-corrected chi connectivity index (χ3v) is 4.32. The van der Waals surface area contributed by atoms with Gasteiger partial charge in [-0.25, -0.2) is 13.1 Å². The Morgan fingerprint density at radius 1 is 1.24 bits per heavy atom. The molecule has 0 saturated heterocycles. The first kappa shape index (κ1) is 17.2. The quantitative estimate of drug-likeness (QED) is 0.344. The zero-order chi connectivity index (χ0) is 15.7. The average molecular weight is 310 g/mol. The molecule has 1 amide bonds. The number of benzene rings is 1. The normalized spacial score (nSPS) is 10.9. The van der Waals surface area contributed by atoms with Crippen LogP contribution in [0.15, 0.2) is 34.3 Å². The fourth-order valence-corrected chi connectivity index (χ4v) is 2.76. The number of sulfonamides is 1. The smallest absolute Gasteiger partial charge is 0.240 e. The van der Waals surface area contributed by atoms with Gasteiger partial charge in [0.2, 0.25) is 15.9 Å². The molecule has 7 nitrogen and oxygen atoms in total.